The second-order valence-electron chi connectivity index (χ2n) is 3.44. The van der Waals surface area contributed by atoms with Gasteiger partial charge in [-0.15, -0.1) is 0 Å². The molecule has 0 aliphatic heterocycles. The average Bonchev–Trinajstić information content (AvgIpc) is 2.16. The Bertz CT molecular complexity index is 502. The van der Waals surface area contributed by atoms with Crippen LogP contribution in [0.4, 0.5) is 0 Å². The lowest BCUT2D eigenvalue weighted by Crippen LogP contribution is -2.30. The Morgan fingerprint density at radius 1 is 1.31 bits per heavy atom. The Kier molecular flexibility index (Phi) is 3.49. The van der Waals surface area contributed by atoms with Crippen LogP contribution in [0.3, 0.4) is 0 Å². The zero-order valence-electron chi connectivity index (χ0n) is 8.75. The third kappa shape index (κ3) is 2.70. The van der Waals surface area contributed by atoms with Crippen molar-refractivity contribution in [2.24, 2.45) is 0 Å². The molecular weight excluding hydrogens is 228 g/mol. The number of carboxylic acid groups (broad SMARTS) is 1. The number of rotatable bonds is 4. The van der Waals surface area contributed by atoms with E-state index in [0.717, 1.165) is 6.26 Å². The maximum Gasteiger partial charge on any atom is 0.326 e. The van der Waals surface area contributed by atoms with Crippen LogP contribution in [0.2, 0.25) is 0 Å². The zero-order chi connectivity index (χ0) is 12.3. The Morgan fingerprint density at radius 3 is 2.19 bits per heavy atom. The van der Waals surface area contributed by atoms with Gasteiger partial charge in [0.25, 0.3) is 0 Å². The van der Waals surface area contributed by atoms with Crippen LogP contribution < -0.4 is 0 Å². The lowest BCUT2D eigenvalue weighted by molar-refractivity contribution is -0.135. The van der Waals surface area contributed by atoms with Crippen LogP contribution in [0.5, 0.6) is 0 Å². The van der Waals surface area contributed by atoms with Crippen molar-refractivity contribution in [3.8, 4) is 0 Å². The van der Waals surface area contributed by atoms with Gasteiger partial charge in [0.2, 0.25) is 0 Å². The fraction of sp³-hybridized carbons (Fsp3) is 0.182. The monoisotopic (exact) mass is 240 g/mol. The van der Waals surface area contributed by atoms with Gasteiger partial charge in [0.05, 0.1) is 0 Å². The van der Waals surface area contributed by atoms with Crippen molar-refractivity contribution in [3.63, 3.8) is 0 Å². The van der Waals surface area contributed by atoms with Gasteiger partial charge in [0, 0.05) is 6.26 Å². The number of sulfone groups is 1. The molecule has 0 amide bonds. The smallest absolute Gasteiger partial charge is 0.326 e. The fourth-order valence-corrected chi connectivity index (χ4v) is 2.41. The van der Waals surface area contributed by atoms with Gasteiger partial charge in [-0.1, -0.05) is 36.9 Å². The van der Waals surface area contributed by atoms with Crippen molar-refractivity contribution in [1.29, 1.82) is 0 Å². The molecule has 0 aromatic heterocycles. The van der Waals surface area contributed by atoms with Gasteiger partial charge in [-0.2, -0.15) is 0 Å². The number of carboxylic acids is 1. The summed E-state index contributed by atoms with van der Waals surface area (Å²) in [6.07, 6.45) is 0.889. The molecule has 0 saturated heterocycles. The summed E-state index contributed by atoms with van der Waals surface area (Å²) in [7, 11) is -3.71. The molecule has 0 heterocycles. The number of hydrogen-bond acceptors (Lipinski definition) is 3. The molecule has 0 spiro atoms. The molecule has 5 heteroatoms. The summed E-state index contributed by atoms with van der Waals surface area (Å²) in [6.45, 7) is 3.55. The first-order valence-electron chi connectivity index (χ1n) is 4.50. The molecule has 4 nitrogen and oxygen atoms in total. The first kappa shape index (κ1) is 12.4. The third-order valence-electron chi connectivity index (χ3n) is 2.11. The van der Waals surface area contributed by atoms with Crippen LogP contribution >= 0.6 is 0 Å². The predicted octanol–water partition coefficient (Wildman–Crippen LogP) is 1.20. The second kappa shape index (κ2) is 4.49. The lowest BCUT2D eigenvalue weighted by atomic mass is 10.0. The summed E-state index contributed by atoms with van der Waals surface area (Å²) in [4.78, 5) is 10.9. The molecule has 0 bridgehead atoms. The Labute approximate surface area is 94.1 Å². The van der Waals surface area contributed by atoms with Crippen molar-refractivity contribution in [2.45, 2.75) is 5.25 Å². The van der Waals surface area contributed by atoms with E-state index in [-0.39, 0.29) is 5.57 Å². The van der Waals surface area contributed by atoms with E-state index in [1.54, 1.807) is 30.3 Å². The van der Waals surface area contributed by atoms with E-state index < -0.39 is 21.1 Å². The van der Waals surface area contributed by atoms with E-state index in [0.29, 0.717) is 5.56 Å². The minimum atomic E-state index is -3.71. The van der Waals surface area contributed by atoms with Crippen molar-refractivity contribution < 1.29 is 18.3 Å². The zero-order valence-corrected chi connectivity index (χ0v) is 9.57. The fourth-order valence-electron chi connectivity index (χ4n) is 1.39. The van der Waals surface area contributed by atoms with Gasteiger partial charge in [-0.25, -0.2) is 8.42 Å². The van der Waals surface area contributed by atoms with Gasteiger partial charge in [0.15, 0.2) is 15.1 Å². The Balaban J connectivity index is 3.18. The minimum Gasteiger partial charge on any atom is -0.480 e. The molecule has 86 valence electrons. The summed E-state index contributed by atoms with van der Waals surface area (Å²) in [5.41, 5.74) is 0.593. The number of carbonyl (C=O) groups is 1. The molecule has 1 rings (SSSR count). The van der Waals surface area contributed by atoms with Gasteiger partial charge < -0.3 is 5.11 Å². The molecule has 0 saturated carbocycles. The normalized spacial score (nSPS) is 13.1. The molecule has 0 radical (unpaired) electrons. The highest BCUT2D eigenvalue weighted by Gasteiger charge is 2.31. The highest BCUT2D eigenvalue weighted by molar-refractivity contribution is 7.92. The van der Waals surface area contributed by atoms with E-state index in [4.69, 9.17) is 5.11 Å². The van der Waals surface area contributed by atoms with Crippen LogP contribution in [-0.2, 0) is 14.6 Å². The first-order valence-corrected chi connectivity index (χ1v) is 6.45. The molecule has 1 aromatic rings. The minimum absolute atomic E-state index is 0.0793. The van der Waals surface area contributed by atoms with E-state index in [9.17, 15) is 13.2 Å². The first-order chi connectivity index (χ1) is 7.34. The highest BCUT2D eigenvalue weighted by Crippen LogP contribution is 2.21. The van der Waals surface area contributed by atoms with E-state index in [1.165, 1.54) is 0 Å². The van der Waals surface area contributed by atoms with Gasteiger partial charge in [0.1, 0.15) is 0 Å². The molecule has 1 N–H and O–H groups in total. The molecule has 1 atom stereocenters. The molecule has 0 fully saturated rings. The summed E-state index contributed by atoms with van der Waals surface area (Å²) < 4.78 is 22.7. The number of hydrogen-bond donors (Lipinski definition) is 1. The SMILES string of the molecule is C=C(c1ccccc1)[C@H](C(=O)O)S(C)(=O)=O. The molecule has 1 aromatic carbocycles. The maximum absolute atomic E-state index is 11.3. The van der Waals surface area contributed by atoms with E-state index in [2.05, 4.69) is 6.58 Å². The van der Waals surface area contributed by atoms with Crippen LogP contribution in [-0.4, -0.2) is 31.0 Å². The summed E-state index contributed by atoms with van der Waals surface area (Å²) in [6, 6.07) is 8.41. The van der Waals surface area contributed by atoms with E-state index >= 15 is 0 Å². The molecular formula is C11H12O4S. The summed E-state index contributed by atoms with van der Waals surface area (Å²) >= 11 is 0. The molecule has 0 aliphatic carbocycles. The van der Waals surface area contributed by atoms with Crippen molar-refractivity contribution >= 4 is 21.4 Å². The van der Waals surface area contributed by atoms with Crippen LogP contribution in [0.15, 0.2) is 36.9 Å². The van der Waals surface area contributed by atoms with E-state index in [1.807, 2.05) is 0 Å². The largest absolute Gasteiger partial charge is 0.480 e. The molecule has 0 aliphatic rings. The second-order valence-corrected chi connectivity index (χ2v) is 5.57. The van der Waals surface area contributed by atoms with Gasteiger partial charge in [-0.3, -0.25) is 4.79 Å². The predicted molar refractivity (Wildman–Crippen MR) is 61.7 cm³/mol. The maximum atomic E-state index is 11.3. The number of benzene rings is 1. The van der Waals surface area contributed by atoms with Crippen LogP contribution in [0.1, 0.15) is 5.56 Å². The summed E-state index contributed by atoms with van der Waals surface area (Å²) in [5.74, 6) is -1.41. The molecule has 0 unspecified atom stereocenters. The quantitative estimate of drug-likeness (QED) is 0.858. The Morgan fingerprint density at radius 2 is 1.81 bits per heavy atom. The standard InChI is InChI=1S/C11H12O4S/c1-8(9-6-4-3-5-7-9)10(11(12)13)16(2,14)15/h3-7,10H,1H2,2H3,(H,12,13)/t10-/m1/s1. The van der Waals surface area contributed by atoms with Crippen molar-refractivity contribution in [3.05, 3.63) is 42.5 Å². The molecule has 16 heavy (non-hydrogen) atoms. The summed E-state index contributed by atoms with van der Waals surface area (Å²) in [5, 5.41) is 7.31. The highest BCUT2D eigenvalue weighted by atomic mass is 32.2. The van der Waals surface area contributed by atoms with Gasteiger partial charge in [-0.05, 0) is 11.1 Å². The van der Waals surface area contributed by atoms with Crippen LogP contribution in [0, 0.1) is 0 Å². The third-order valence-corrected chi connectivity index (χ3v) is 3.46. The topological polar surface area (TPSA) is 71.4 Å². The lowest BCUT2D eigenvalue weighted by Gasteiger charge is -2.13. The van der Waals surface area contributed by atoms with Crippen molar-refractivity contribution in [2.75, 3.05) is 6.26 Å². The average molecular weight is 240 g/mol. The van der Waals surface area contributed by atoms with Crippen molar-refractivity contribution in [1.82, 2.24) is 0 Å². The number of aliphatic carboxylic acids is 1. The van der Waals surface area contributed by atoms with Gasteiger partial charge >= 0.3 is 5.97 Å². The Hall–Kier alpha value is -1.62. The van der Waals surface area contributed by atoms with Crippen LogP contribution in [0.25, 0.3) is 5.57 Å².